The van der Waals surface area contributed by atoms with Crippen LogP contribution in [0.15, 0.2) is 0 Å². The number of aliphatic hydroxyl groups is 4. The Morgan fingerprint density at radius 1 is 1.23 bits per heavy atom. The minimum absolute atomic E-state index is 0.269. The van der Waals surface area contributed by atoms with E-state index in [9.17, 15) is 8.78 Å². The minimum atomic E-state index is -3.16. The Hall–Kier alpha value is -0.300. The van der Waals surface area contributed by atoms with Crippen LogP contribution in [-0.4, -0.2) is 44.8 Å². The van der Waals surface area contributed by atoms with E-state index in [-0.39, 0.29) is 12.8 Å². The molecule has 13 heavy (non-hydrogen) atoms. The van der Waals surface area contributed by atoms with Crippen LogP contribution in [0.4, 0.5) is 8.78 Å². The van der Waals surface area contributed by atoms with Crippen LogP contribution in [0.5, 0.6) is 0 Å². The summed E-state index contributed by atoms with van der Waals surface area (Å²) in [5.41, 5.74) is -3.16. The molecule has 0 aliphatic heterocycles. The summed E-state index contributed by atoms with van der Waals surface area (Å²) >= 11 is 0. The summed E-state index contributed by atoms with van der Waals surface area (Å²) in [7, 11) is 0. The Morgan fingerprint density at radius 2 is 1.69 bits per heavy atom. The third-order valence-corrected chi connectivity index (χ3v) is 1.84. The highest BCUT2D eigenvalue weighted by Gasteiger charge is 2.50. The van der Waals surface area contributed by atoms with E-state index in [2.05, 4.69) is 0 Å². The van der Waals surface area contributed by atoms with Crippen molar-refractivity contribution in [1.29, 1.82) is 0 Å². The van der Waals surface area contributed by atoms with Crippen LogP contribution in [0.1, 0.15) is 19.8 Å². The molecule has 0 radical (unpaired) electrons. The minimum Gasteiger partial charge on any atom is -0.377 e. The van der Waals surface area contributed by atoms with Gasteiger partial charge in [-0.15, -0.1) is 0 Å². The summed E-state index contributed by atoms with van der Waals surface area (Å²) in [4.78, 5) is 0. The second kappa shape index (κ2) is 4.80. The number of alkyl halides is 2. The molecule has 4 nitrogen and oxygen atoms in total. The number of halogens is 2. The fourth-order valence-corrected chi connectivity index (χ4v) is 0.919. The number of hydrogen-bond acceptors (Lipinski definition) is 4. The molecule has 0 saturated heterocycles. The monoisotopic (exact) mass is 200 g/mol. The molecule has 0 aromatic rings. The van der Waals surface area contributed by atoms with Gasteiger partial charge in [-0.2, -0.15) is 0 Å². The largest absolute Gasteiger partial charge is 0.377 e. The molecule has 0 saturated carbocycles. The maximum Gasteiger partial charge on any atom is 0.233 e. The molecular formula is C7H14F2O4. The maximum absolute atomic E-state index is 13.0. The van der Waals surface area contributed by atoms with Crippen molar-refractivity contribution in [2.45, 2.75) is 44.2 Å². The first kappa shape index (κ1) is 12.7. The summed E-state index contributed by atoms with van der Waals surface area (Å²) in [6.45, 7) is 1.57. The van der Waals surface area contributed by atoms with E-state index in [1.54, 1.807) is 6.92 Å². The van der Waals surface area contributed by atoms with Gasteiger partial charge >= 0.3 is 0 Å². The number of hydrogen-bond donors (Lipinski definition) is 4. The van der Waals surface area contributed by atoms with Crippen LogP contribution in [0.2, 0.25) is 0 Å². The van der Waals surface area contributed by atoms with Gasteiger partial charge in [-0.1, -0.05) is 13.3 Å². The summed E-state index contributed by atoms with van der Waals surface area (Å²) in [5.74, 6) is 0. The Bertz CT molecular complexity index is 143. The highest BCUT2D eigenvalue weighted by Crippen LogP contribution is 2.26. The molecule has 0 aliphatic carbocycles. The van der Waals surface area contributed by atoms with Gasteiger partial charge < -0.3 is 20.4 Å². The molecule has 6 heteroatoms. The SMILES string of the molecule is CCCC(F)C(O)(C(O)O)C(O)F. The van der Waals surface area contributed by atoms with Gasteiger partial charge in [0.05, 0.1) is 0 Å². The van der Waals surface area contributed by atoms with E-state index in [1.807, 2.05) is 0 Å². The smallest absolute Gasteiger partial charge is 0.233 e. The van der Waals surface area contributed by atoms with Gasteiger partial charge in [0.1, 0.15) is 6.17 Å². The zero-order valence-corrected chi connectivity index (χ0v) is 7.19. The summed E-state index contributed by atoms with van der Waals surface area (Å²) < 4.78 is 25.3. The van der Waals surface area contributed by atoms with E-state index in [0.29, 0.717) is 0 Å². The average Bonchev–Trinajstić information content (AvgIpc) is 2.02. The van der Waals surface area contributed by atoms with Crippen molar-refractivity contribution in [3.8, 4) is 0 Å². The van der Waals surface area contributed by atoms with Gasteiger partial charge in [-0.25, -0.2) is 8.78 Å². The van der Waals surface area contributed by atoms with Crippen LogP contribution < -0.4 is 0 Å². The van der Waals surface area contributed by atoms with E-state index in [4.69, 9.17) is 20.4 Å². The van der Waals surface area contributed by atoms with Gasteiger partial charge in [0.25, 0.3) is 0 Å². The Kier molecular flexibility index (Phi) is 4.69. The van der Waals surface area contributed by atoms with Gasteiger partial charge in [0, 0.05) is 0 Å². The highest BCUT2D eigenvalue weighted by atomic mass is 19.2. The molecule has 4 N–H and O–H groups in total. The second-order valence-corrected chi connectivity index (χ2v) is 2.85. The van der Waals surface area contributed by atoms with Crippen LogP contribution in [-0.2, 0) is 0 Å². The molecule has 0 aromatic carbocycles. The number of rotatable bonds is 5. The van der Waals surface area contributed by atoms with Crippen LogP contribution in [0.3, 0.4) is 0 Å². The molecule has 0 amide bonds. The predicted octanol–water partition coefficient (Wildman–Crippen LogP) is -0.546. The molecule has 3 unspecified atom stereocenters. The lowest BCUT2D eigenvalue weighted by atomic mass is 9.94. The third kappa shape index (κ3) is 2.57. The van der Waals surface area contributed by atoms with Gasteiger partial charge in [-0.3, -0.25) is 0 Å². The van der Waals surface area contributed by atoms with Crippen LogP contribution >= 0.6 is 0 Å². The molecule has 0 fully saturated rings. The zero-order valence-electron chi connectivity index (χ0n) is 7.19. The van der Waals surface area contributed by atoms with Crippen LogP contribution in [0, 0.1) is 0 Å². The molecule has 80 valence electrons. The topological polar surface area (TPSA) is 80.9 Å². The Morgan fingerprint density at radius 3 is 1.92 bits per heavy atom. The fraction of sp³-hybridized carbons (Fsp3) is 1.00. The lowest BCUT2D eigenvalue weighted by Gasteiger charge is -2.32. The standard InChI is InChI=1S/C7H14F2O4/c1-2-3-4(8)7(13,5(9)10)6(11)12/h4-6,10-13H,2-3H2,1H3. The van der Waals surface area contributed by atoms with Gasteiger partial charge in [0.2, 0.25) is 12.0 Å². The molecule has 0 aromatic heterocycles. The van der Waals surface area contributed by atoms with Crippen molar-refractivity contribution >= 4 is 0 Å². The fourth-order valence-electron chi connectivity index (χ4n) is 0.919. The Balaban J connectivity index is 4.58. The average molecular weight is 200 g/mol. The lowest BCUT2D eigenvalue weighted by Crippen LogP contribution is -2.57. The van der Waals surface area contributed by atoms with Gasteiger partial charge in [-0.05, 0) is 6.42 Å². The molecular weight excluding hydrogens is 186 g/mol. The van der Waals surface area contributed by atoms with E-state index >= 15 is 0 Å². The van der Waals surface area contributed by atoms with E-state index < -0.39 is 24.4 Å². The first-order valence-electron chi connectivity index (χ1n) is 3.92. The first-order chi connectivity index (χ1) is 5.87. The highest BCUT2D eigenvalue weighted by molar-refractivity contribution is 4.91. The maximum atomic E-state index is 13.0. The predicted molar refractivity (Wildman–Crippen MR) is 40.1 cm³/mol. The van der Waals surface area contributed by atoms with E-state index in [0.717, 1.165) is 0 Å². The molecule has 3 atom stereocenters. The third-order valence-electron chi connectivity index (χ3n) is 1.84. The molecule has 0 heterocycles. The van der Waals surface area contributed by atoms with Crippen molar-refractivity contribution in [2.75, 3.05) is 0 Å². The van der Waals surface area contributed by atoms with Crippen molar-refractivity contribution < 1.29 is 29.2 Å². The molecule has 0 bridgehead atoms. The molecule has 0 aliphatic rings. The second-order valence-electron chi connectivity index (χ2n) is 2.85. The summed E-state index contributed by atoms with van der Waals surface area (Å²) in [6, 6.07) is 0. The van der Waals surface area contributed by atoms with Crippen molar-refractivity contribution in [3.05, 3.63) is 0 Å². The first-order valence-corrected chi connectivity index (χ1v) is 3.92. The Labute approximate surface area is 74.4 Å². The van der Waals surface area contributed by atoms with E-state index in [1.165, 1.54) is 0 Å². The normalized spacial score (nSPS) is 21.2. The summed E-state index contributed by atoms with van der Waals surface area (Å²) in [5, 5.41) is 34.4. The molecule has 0 spiro atoms. The summed E-state index contributed by atoms with van der Waals surface area (Å²) in [6.07, 6.45) is -7.90. The zero-order chi connectivity index (χ0) is 10.6. The van der Waals surface area contributed by atoms with Crippen molar-refractivity contribution in [1.82, 2.24) is 0 Å². The van der Waals surface area contributed by atoms with Crippen LogP contribution in [0.25, 0.3) is 0 Å². The van der Waals surface area contributed by atoms with Crippen molar-refractivity contribution in [2.24, 2.45) is 0 Å². The number of aliphatic hydroxyl groups excluding tert-OH is 2. The quantitative estimate of drug-likeness (QED) is 0.449. The molecule has 0 rings (SSSR count). The lowest BCUT2D eigenvalue weighted by molar-refractivity contribution is -0.276. The van der Waals surface area contributed by atoms with Gasteiger partial charge in [0.15, 0.2) is 6.29 Å². The van der Waals surface area contributed by atoms with Crippen molar-refractivity contribution in [3.63, 3.8) is 0 Å².